The van der Waals surface area contributed by atoms with Crippen LogP contribution in [0.25, 0.3) is 0 Å². The Bertz CT molecular complexity index is 1370. The van der Waals surface area contributed by atoms with E-state index < -0.39 is 59.8 Å². The molecule has 3 N–H and O–H groups in total. The molecule has 3 unspecified atom stereocenters. The van der Waals surface area contributed by atoms with Gasteiger partial charge < -0.3 is 30.1 Å². The molecule has 0 aliphatic rings. The number of nitrogens with one attached hydrogen (secondary N) is 2. The van der Waals surface area contributed by atoms with Crippen LogP contribution in [0, 0.1) is 12.3 Å². The van der Waals surface area contributed by atoms with Crippen LogP contribution in [0.2, 0.25) is 0 Å². The molecule has 0 saturated heterocycles. The van der Waals surface area contributed by atoms with Gasteiger partial charge in [-0.15, -0.1) is 6.42 Å². The van der Waals surface area contributed by atoms with E-state index in [1.165, 1.54) is 4.90 Å². The molecule has 2 aromatic rings. The summed E-state index contributed by atoms with van der Waals surface area (Å²) in [5, 5.41) is 15.6. The molecule has 2 aromatic carbocycles. The van der Waals surface area contributed by atoms with E-state index in [4.69, 9.17) is 15.9 Å². The van der Waals surface area contributed by atoms with Crippen LogP contribution < -0.4 is 10.6 Å². The highest BCUT2D eigenvalue weighted by atomic mass is 16.6. The first kappa shape index (κ1) is 39.8. The molecule has 0 saturated carbocycles. The van der Waals surface area contributed by atoms with E-state index in [1.54, 1.807) is 65.8 Å². The third kappa shape index (κ3) is 13.8. The first-order valence-corrected chi connectivity index (χ1v) is 16.6. The number of amides is 3. The molecule has 10 heteroatoms. The van der Waals surface area contributed by atoms with Gasteiger partial charge in [-0.2, -0.15) is 0 Å². The lowest BCUT2D eigenvalue weighted by atomic mass is 9.99. The molecule has 0 radical (unpaired) electrons. The Morgan fingerprint density at radius 1 is 0.833 bits per heavy atom. The third-order valence-electron chi connectivity index (χ3n) is 7.20. The highest BCUT2D eigenvalue weighted by Gasteiger charge is 2.38. The zero-order valence-electron chi connectivity index (χ0n) is 29.5. The van der Waals surface area contributed by atoms with E-state index >= 15 is 0 Å². The fourth-order valence-electron chi connectivity index (χ4n) is 4.99. The molecule has 0 bridgehead atoms. The number of benzene rings is 2. The van der Waals surface area contributed by atoms with Crippen molar-refractivity contribution in [2.75, 3.05) is 13.2 Å². The molecule has 0 fully saturated rings. The second-order valence-corrected chi connectivity index (χ2v) is 13.8. The summed E-state index contributed by atoms with van der Waals surface area (Å²) >= 11 is 0. The lowest BCUT2D eigenvalue weighted by molar-refractivity contribution is -0.159. The number of nitrogens with zero attached hydrogens (tertiary/aromatic N) is 1. The van der Waals surface area contributed by atoms with Crippen molar-refractivity contribution in [3.63, 3.8) is 0 Å². The van der Waals surface area contributed by atoms with E-state index in [2.05, 4.69) is 23.5 Å². The van der Waals surface area contributed by atoms with Crippen LogP contribution in [-0.4, -0.2) is 70.3 Å². The Balaban J connectivity index is 2.60. The third-order valence-corrected chi connectivity index (χ3v) is 7.20. The van der Waals surface area contributed by atoms with Gasteiger partial charge in [0, 0.05) is 18.5 Å². The van der Waals surface area contributed by atoms with Gasteiger partial charge in [-0.25, -0.2) is 9.59 Å². The smallest absolute Gasteiger partial charge is 0.408 e. The Morgan fingerprint density at radius 2 is 1.44 bits per heavy atom. The van der Waals surface area contributed by atoms with Gasteiger partial charge in [0.1, 0.15) is 29.3 Å². The summed E-state index contributed by atoms with van der Waals surface area (Å²) in [5.74, 6) is 0.612. The zero-order valence-corrected chi connectivity index (χ0v) is 29.5. The number of aliphatic hydroxyl groups is 1. The first-order chi connectivity index (χ1) is 22.6. The van der Waals surface area contributed by atoms with Gasteiger partial charge in [-0.05, 0) is 71.2 Å². The molecule has 3 amide bonds. The molecule has 10 nitrogen and oxygen atoms in total. The summed E-state index contributed by atoms with van der Waals surface area (Å²) in [6.07, 6.45) is 9.18. The van der Waals surface area contributed by atoms with Crippen molar-refractivity contribution in [3.05, 3.63) is 71.3 Å². The Labute approximate surface area is 286 Å². The topological polar surface area (TPSA) is 134 Å². The van der Waals surface area contributed by atoms with Gasteiger partial charge in [0.25, 0.3) is 0 Å². The number of carbonyl (C=O) groups excluding carboxylic acids is 4. The molecule has 0 aromatic heterocycles. The highest BCUT2D eigenvalue weighted by Crippen LogP contribution is 2.25. The van der Waals surface area contributed by atoms with Gasteiger partial charge in [-0.3, -0.25) is 9.59 Å². The summed E-state index contributed by atoms with van der Waals surface area (Å²) in [5.41, 5.74) is 0.150. The predicted molar refractivity (Wildman–Crippen MR) is 186 cm³/mol. The lowest BCUT2D eigenvalue weighted by Gasteiger charge is -2.35. The second-order valence-electron chi connectivity index (χ2n) is 13.8. The minimum atomic E-state index is -1.40. The van der Waals surface area contributed by atoms with Crippen LogP contribution in [-0.2, 0) is 30.3 Å². The largest absolute Gasteiger partial charge is 0.458 e. The monoisotopic (exact) mass is 663 g/mol. The highest BCUT2D eigenvalue weighted by molar-refractivity contribution is 5.94. The minimum Gasteiger partial charge on any atom is -0.458 e. The van der Waals surface area contributed by atoms with Gasteiger partial charge >= 0.3 is 12.1 Å². The number of esters is 1. The van der Waals surface area contributed by atoms with Crippen LogP contribution in [0.1, 0.15) is 103 Å². The van der Waals surface area contributed by atoms with E-state index in [9.17, 15) is 24.3 Å². The van der Waals surface area contributed by atoms with E-state index in [0.717, 1.165) is 31.2 Å². The molecule has 0 spiro atoms. The minimum absolute atomic E-state index is 0.139. The molecule has 262 valence electrons. The Kier molecular flexibility index (Phi) is 15.6. The number of rotatable bonds is 16. The molecule has 0 aliphatic heterocycles. The lowest BCUT2D eigenvalue weighted by Crippen LogP contribution is -2.56. The predicted octanol–water partition coefficient (Wildman–Crippen LogP) is 5.46. The molecule has 48 heavy (non-hydrogen) atoms. The number of terminal acetylenes is 1. The van der Waals surface area contributed by atoms with Crippen molar-refractivity contribution in [2.45, 2.75) is 116 Å². The molecule has 3 atom stereocenters. The summed E-state index contributed by atoms with van der Waals surface area (Å²) in [6, 6.07) is 12.1. The van der Waals surface area contributed by atoms with Gasteiger partial charge in [0.05, 0.1) is 6.61 Å². The normalized spacial score (nSPS) is 13.3. The van der Waals surface area contributed by atoms with Crippen molar-refractivity contribution >= 4 is 23.9 Å². The quantitative estimate of drug-likeness (QED) is 0.123. The first-order valence-electron chi connectivity index (χ1n) is 16.6. The number of aliphatic hydroxyl groups excluding tert-OH is 1. The van der Waals surface area contributed by atoms with Crippen LogP contribution in [0.15, 0.2) is 54.6 Å². The summed E-state index contributed by atoms with van der Waals surface area (Å²) in [4.78, 5) is 56.2. The van der Waals surface area contributed by atoms with Crippen LogP contribution in [0.3, 0.4) is 0 Å². The van der Waals surface area contributed by atoms with Gasteiger partial charge in [0.15, 0.2) is 0 Å². The molecule has 2 rings (SSSR count). The molecule has 0 heterocycles. The summed E-state index contributed by atoms with van der Waals surface area (Å²) in [6.45, 7) is 11.8. The van der Waals surface area contributed by atoms with Crippen molar-refractivity contribution in [2.24, 2.45) is 0 Å². The average Bonchev–Trinajstić information content (AvgIpc) is 3.01. The average molecular weight is 664 g/mol. The van der Waals surface area contributed by atoms with Crippen LogP contribution in [0.5, 0.6) is 0 Å². The SMILES string of the molecule is C#Cc1ccc(C(C(=O)NC(Cc2ccccc2)C(=O)OC(C)(C)C)N(CCCCCCC)C(=O)C(CO)NC(=O)OC(C)(C)C)cc1. The maximum Gasteiger partial charge on any atom is 0.408 e. The van der Waals surface area contributed by atoms with E-state index in [0.29, 0.717) is 17.5 Å². The molecular weight excluding hydrogens is 610 g/mol. The number of unbranched alkanes of at least 4 members (excludes halogenated alkanes) is 4. The maximum absolute atomic E-state index is 14.4. The van der Waals surface area contributed by atoms with Gasteiger partial charge in [0.2, 0.25) is 11.8 Å². The number of hydrogen-bond donors (Lipinski definition) is 3. The van der Waals surface area contributed by atoms with Crippen molar-refractivity contribution in [3.8, 4) is 12.3 Å². The summed E-state index contributed by atoms with van der Waals surface area (Å²) in [7, 11) is 0. The van der Waals surface area contributed by atoms with Crippen LogP contribution >= 0.6 is 0 Å². The fraction of sp³-hybridized carbons (Fsp3) is 0.526. The van der Waals surface area contributed by atoms with Gasteiger partial charge in [-0.1, -0.05) is 81.0 Å². The second kappa shape index (κ2) is 18.8. The number of carbonyl (C=O) groups is 4. The van der Waals surface area contributed by atoms with Crippen molar-refractivity contribution in [1.29, 1.82) is 0 Å². The Morgan fingerprint density at radius 3 is 1.98 bits per heavy atom. The van der Waals surface area contributed by atoms with Crippen molar-refractivity contribution in [1.82, 2.24) is 15.5 Å². The summed E-state index contributed by atoms with van der Waals surface area (Å²) < 4.78 is 11.0. The molecule has 0 aliphatic carbocycles. The standard InChI is InChI=1S/C38H53N3O7/c1-9-11-12-13-17-24-41(34(44)31(26-42)40-36(46)48-38(6,7)8)32(29-22-20-27(10-2)21-23-29)33(43)39-30(35(45)47-37(3,4)5)25-28-18-15-14-16-19-28/h2,14-16,18-23,30-32,42H,9,11-13,17,24-26H2,1,3-8H3,(H,39,43)(H,40,46). The number of hydrogen-bond acceptors (Lipinski definition) is 7. The maximum atomic E-state index is 14.4. The zero-order chi connectivity index (χ0) is 35.9. The fourth-order valence-corrected chi connectivity index (χ4v) is 4.99. The molecular formula is C38H53N3O7. The van der Waals surface area contributed by atoms with E-state index in [1.807, 2.05) is 30.3 Å². The number of ether oxygens (including phenoxy) is 2. The Hall–Kier alpha value is -4.36. The van der Waals surface area contributed by atoms with E-state index in [-0.39, 0.29) is 13.0 Å². The number of alkyl carbamates (subject to hydrolysis) is 1. The van der Waals surface area contributed by atoms with Crippen LogP contribution in [0.4, 0.5) is 4.79 Å². The van der Waals surface area contributed by atoms with Crippen molar-refractivity contribution < 1.29 is 33.8 Å².